The van der Waals surface area contributed by atoms with Crippen LogP contribution < -0.4 is 5.32 Å². The van der Waals surface area contributed by atoms with E-state index in [2.05, 4.69) is 5.32 Å². The molecule has 1 aromatic carbocycles. The third-order valence-corrected chi connectivity index (χ3v) is 2.82. The monoisotopic (exact) mass is 295 g/mol. The summed E-state index contributed by atoms with van der Waals surface area (Å²) in [4.78, 5) is 11.8. The number of carbonyl (C=O) groups excluding carboxylic acids is 1. The maximum absolute atomic E-state index is 11.8. The van der Waals surface area contributed by atoms with Crippen molar-refractivity contribution in [2.45, 2.75) is 52.0 Å². The summed E-state index contributed by atoms with van der Waals surface area (Å²) in [5.74, 6) is 0. The molecule has 0 saturated heterocycles. The van der Waals surface area contributed by atoms with E-state index in [1.807, 2.05) is 58.0 Å². The normalized spacial score (nSPS) is 14.3. The topological polar surface area (TPSA) is 67.8 Å². The van der Waals surface area contributed by atoms with Crippen LogP contribution in [-0.2, 0) is 16.1 Å². The van der Waals surface area contributed by atoms with Crippen molar-refractivity contribution in [1.82, 2.24) is 5.32 Å². The van der Waals surface area contributed by atoms with Crippen LogP contribution in [0.15, 0.2) is 30.3 Å². The van der Waals surface area contributed by atoms with Crippen LogP contribution in [0.25, 0.3) is 0 Å². The van der Waals surface area contributed by atoms with Crippen molar-refractivity contribution < 1.29 is 19.4 Å². The van der Waals surface area contributed by atoms with Gasteiger partial charge in [0.2, 0.25) is 0 Å². The summed E-state index contributed by atoms with van der Waals surface area (Å²) in [6.45, 7) is 7.56. The summed E-state index contributed by atoms with van der Waals surface area (Å²) in [7, 11) is 0. The van der Waals surface area contributed by atoms with Gasteiger partial charge in [-0.05, 0) is 33.3 Å². The number of aliphatic hydroxyl groups excluding tert-OH is 1. The second kappa shape index (κ2) is 8.00. The number of nitrogens with one attached hydrogen (secondary N) is 1. The Morgan fingerprint density at radius 1 is 1.29 bits per heavy atom. The number of carbonyl (C=O) groups is 1. The van der Waals surface area contributed by atoms with E-state index in [-0.39, 0.29) is 24.9 Å². The summed E-state index contributed by atoms with van der Waals surface area (Å²) < 4.78 is 10.8. The predicted molar refractivity (Wildman–Crippen MR) is 80.9 cm³/mol. The highest BCUT2D eigenvalue weighted by Gasteiger charge is 2.24. The molecule has 0 aliphatic rings. The maximum atomic E-state index is 11.8. The van der Waals surface area contributed by atoms with E-state index >= 15 is 0 Å². The van der Waals surface area contributed by atoms with Crippen LogP contribution in [0.4, 0.5) is 4.79 Å². The number of amides is 1. The van der Waals surface area contributed by atoms with Crippen molar-refractivity contribution >= 4 is 6.09 Å². The fourth-order valence-corrected chi connectivity index (χ4v) is 1.87. The zero-order valence-electron chi connectivity index (χ0n) is 13.1. The Bertz CT molecular complexity index is 428. The maximum Gasteiger partial charge on any atom is 0.407 e. The van der Waals surface area contributed by atoms with Crippen LogP contribution in [-0.4, -0.2) is 35.6 Å². The summed E-state index contributed by atoms with van der Waals surface area (Å²) in [6.07, 6.45) is -0.887. The second-order valence-corrected chi connectivity index (χ2v) is 5.93. The molecule has 0 heterocycles. The third kappa shape index (κ3) is 7.11. The first-order valence-electron chi connectivity index (χ1n) is 7.07. The van der Waals surface area contributed by atoms with Gasteiger partial charge < -0.3 is 19.9 Å². The molecule has 2 N–H and O–H groups in total. The van der Waals surface area contributed by atoms with E-state index in [1.165, 1.54) is 0 Å². The van der Waals surface area contributed by atoms with E-state index in [0.717, 1.165) is 5.56 Å². The molecule has 0 bridgehead atoms. The molecule has 5 heteroatoms. The number of rotatable bonds is 6. The van der Waals surface area contributed by atoms with Gasteiger partial charge in [0.15, 0.2) is 0 Å². The summed E-state index contributed by atoms with van der Waals surface area (Å²) in [6, 6.07) is 8.91. The van der Waals surface area contributed by atoms with Crippen LogP contribution in [0.2, 0.25) is 0 Å². The van der Waals surface area contributed by atoms with Gasteiger partial charge in [-0.25, -0.2) is 4.79 Å². The minimum absolute atomic E-state index is 0.194. The molecular formula is C16H25NO4. The van der Waals surface area contributed by atoms with Gasteiger partial charge in [-0.15, -0.1) is 0 Å². The highest BCUT2D eigenvalue weighted by molar-refractivity contribution is 5.67. The van der Waals surface area contributed by atoms with E-state index in [9.17, 15) is 9.90 Å². The van der Waals surface area contributed by atoms with Crippen LogP contribution in [0.3, 0.4) is 0 Å². The largest absolute Gasteiger partial charge is 0.445 e. The average Bonchev–Trinajstić information content (AvgIpc) is 2.41. The first-order chi connectivity index (χ1) is 9.81. The summed E-state index contributed by atoms with van der Waals surface area (Å²) in [5, 5.41) is 12.0. The SMILES string of the molecule is CC(OC(C)(C)C)C(CO)NC(=O)OCc1ccccc1. The number of hydrogen-bond acceptors (Lipinski definition) is 4. The van der Waals surface area contributed by atoms with E-state index in [0.29, 0.717) is 0 Å². The smallest absolute Gasteiger partial charge is 0.407 e. The van der Waals surface area contributed by atoms with E-state index in [4.69, 9.17) is 9.47 Å². The van der Waals surface area contributed by atoms with Crippen molar-refractivity contribution in [3.8, 4) is 0 Å². The van der Waals surface area contributed by atoms with Crippen LogP contribution in [0.1, 0.15) is 33.3 Å². The Morgan fingerprint density at radius 2 is 1.90 bits per heavy atom. The van der Waals surface area contributed by atoms with Gasteiger partial charge in [0, 0.05) is 0 Å². The molecule has 1 aromatic rings. The predicted octanol–water partition coefficient (Wildman–Crippen LogP) is 2.48. The molecule has 2 atom stereocenters. The molecule has 1 amide bonds. The molecule has 0 radical (unpaired) electrons. The highest BCUT2D eigenvalue weighted by atomic mass is 16.6. The van der Waals surface area contributed by atoms with Gasteiger partial charge in [-0.1, -0.05) is 30.3 Å². The van der Waals surface area contributed by atoms with Crippen molar-refractivity contribution in [3.05, 3.63) is 35.9 Å². The Labute approximate surface area is 126 Å². The number of hydrogen-bond donors (Lipinski definition) is 2. The van der Waals surface area contributed by atoms with Crippen molar-refractivity contribution in [1.29, 1.82) is 0 Å². The molecule has 0 saturated carbocycles. The lowest BCUT2D eigenvalue weighted by Crippen LogP contribution is -2.48. The fraction of sp³-hybridized carbons (Fsp3) is 0.562. The van der Waals surface area contributed by atoms with Crippen molar-refractivity contribution in [3.63, 3.8) is 0 Å². The van der Waals surface area contributed by atoms with Gasteiger partial charge in [0.05, 0.1) is 24.4 Å². The average molecular weight is 295 g/mol. The molecule has 5 nitrogen and oxygen atoms in total. The first kappa shape index (κ1) is 17.5. The molecule has 2 unspecified atom stereocenters. The van der Waals surface area contributed by atoms with Crippen molar-refractivity contribution in [2.24, 2.45) is 0 Å². The lowest BCUT2D eigenvalue weighted by atomic mass is 10.1. The second-order valence-electron chi connectivity index (χ2n) is 5.93. The molecule has 1 rings (SSSR count). The van der Waals surface area contributed by atoms with E-state index < -0.39 is 12.1 Å². The van der Waals surface area contributed by atoms with E-state index in [1.54, 1.807) is 0 Å². The minimum atomic E-state index is -0.567. The third-order valence-electron chi connectivity index (χ3n) is 2.82. The van der Waals surface area contributed by atoms with Gasteiger partial charge in [0.25, 0.3) is 0 Å². The molecule has 0 aliphatic heterocycles. The molecular weight excluding hydrogens is 270 g/mol. The van der Waals surface area contributed by atoms with Gasteiger partial charge in [0.1, 0.15) is 6.61 Å². The quantitative estimate of drug-likeness (QED) is 0.846. The Morgan fingerprint density at radius 3 is 2.43 bits per heavy atom. The lowest BCUT2D eigenvalue weighted by Gasteiger charge is -2.30. The Balaban J connectivity index is 2.43. The number of aliphatic hydroxyl groups is 1. The highest BCUT2D eigenvalue weighted by Crippen LogP contribution is 2.13. The number of ether oxygens (including phenoxy) is 2. The molecule has 21 heavy (non-hydrogen) atoms. The molecule has 0 aliphatic carbocycles. The van der Waals surface area contributed by atoms with Crippen molar-refractivity contribution in [2.75, 3.05) is 6.61 Å². The fourth-order valence-electron chi connectivity index (χ4n) is 1.87. The first-order valence-corrected chi connectivity index (χ1v) is 7.07. The molecule has 0 spiro atoms. The zero-order valence-corrected chi connectivity index (χ0v) is 13.1. The summed E-state index contributed by atoms with van der Waals surface area (Å²) in [5.41, 5.74) is 0.565. The number of alkyl carbamates (subject to hydrolysis) is 1. The Hall–Kier alpha value is -1.59. The standard InChI is InChI=1S/C16H25NO4/c1-12(21-16(2,3)4)14(10-18)17-15(19)20-11-13-8-6-5-7-9-13/h5-9,12,14,18H,10-11H2,1-4H3,(H,17,19). The Kier molecular flexibility index (Phi) is 6.65. The zero-order chi connectivity index (χ0) is 15.9. The molecule has 0 fully saturated rings. The van der Waals surface area contributed by atoms with Gasteiger partial charge in [-0.3, -0.25) is 0 Å². The lowest BCUT2D eigenvalue weighted by molar-refractivity contribution is -0.0722. The molecule has 0 aromatic heterocycles. The minimum Gasteiger partial charge on any atom is -0.445 e. The van der Waals surface area contributed by atoms with Gasteiger partial charge >= 0.3 is 6.09 Å². The summed E-state index contributed by atoms with van der Waals surface area (Å²) >= 11 is 0. The van der Waals surface area contributed by atoms with Crippen LogP contribution >= 0.6 is 0 Å². The van der Waals surface area contributed by atoms with Gasteiger partial charge in [-0.2, -0.15) is 0 Å². The van der Waals surface area contributed by atoms with Crippen LogP contribution in [0, 0.1) is 0 Å². The number of benzene rings is 1. The molecule has 118 valence electrons. The van der Waals surface area contributed by atoms with Crippen LogP contribution in [0.5, 0.6) is 0 Å².